The molecule has 0 aliphatic carbocycles. The summed E-state index contributed by atoms with van der Waals surface area (Å²) < 4.78 is 98.6. The standard InChI is InChI=1S/C8H3F4NO3.C8H4F4O/c9-7-4(3-14)1-5(13(15)16)2-6(7)8(10,11)12;9-7-5(4-13)2-1-3-6(7)8(10,11)12/h1-3H;1-4H. The molecule has 0 N–H and O–H groups in total. The molecule has 0 atom stereocenters. The Kier molecular flexibility index (Phi) is 7.14. The fourth-order valence-corrected chi connectivity index (χ4v) is 1.89. The lowest BCUT2D eigenvalue weighted by molar-refractivity contribution is -0.385. The van der Waals surface area contributed by atoms with E-state index in [1.807, 2.05) is 0 Å². The number of halogens is 8. The average Bonchev–Trinajstić information content (AvgIpc) is 2.60. The highest BCUT2D eigenvalue weighted by Gasteiger charge is 2.37. The molecule has 0 spiro atoms. The van der Waals surface area contributed by atoms with E-state index >= 15 is 0 Å². The van der Waals surface area contributed by atoms with Gasteiger partial charge in [0, 0.05) is 12.1 Å². The molecule has 0 aliphatic rings. The molecule has 0 saturated carbocycles. The maximum Gasteiger partial charge on any atom is 0.419 e. The molecule has 0 aliphatic heterocycles. The number of benzene rings is 2. The number of non-ortho nitro benzene ring substituents is 1. The Bertz CT molecular complexity index is 938. The Morgan fingerprint density at radius 2 is 1.28 bits per heavy atom. The first kappa shape index (κ1) is 23.7. The third-order valence-electron chi connectivity index (χ3n) is 3.19. The summed E-state index contributed by atoms with van der Waals surface area (Å²) in [5.74, 6) is -3.34. The van der Waals surface area contributed by atoms with Gasteiger partial charge in [0.15, 0.2) is 12.6 Å². The van der Waals surface area contributed by atoms with Crippen molar-refractivity contribution in [3.05, 3.63) is 74.3 Å². The molecule has 0 amide bonds. The highest BCUT2D eigenvalue weighted by Crippen LogP contribution is 2.35. The zero-order valence-corrected chi connectivity index (χ0v) is 13.6. The second-order valence-electron chi connectivity index (χ2n) is 5.09. The number of nitrogens with zero attached hydrogens (tertiary/aromatic N) is 1. The molecule has 156 valence electrons. The highest BCUT2D eigenvalue weighted by atomic mass is 19.4. The van der Waals surface area contributed by atoms with Gasteiger partial charge >= 0.3 is 12.4 Å². The Labute approximate surface area is 155 Å². The van der Waals surface area contributed by atoms with E-state index in [2.05, 4.69) is 0 Å². The smallest absolute Gasteiger partial charge is 0.298 e. The average molecular weight is 429 g/mol. The van der Waals surface area contributed by atoms with Crippen LogP contribution in [0.4, 0.5) is 40.8 Å². The summed E-state index contributed by atoms with van der Waals surface area (Å²) in [4.78, 5) is 29.5. The van der Waals surface area contributed by atoms with Crippen molar-refractivity contribution in [1.29, 1.82) is 0 Å². The van der Waals surface area contributed by atoms with Crippen molar-refractivity contribution in [1.82, 2.24) is 0 Å². The lowest BCUT2D eigenvalue weighted by atomic mass is 10.1. The molecule has 0 heterocycles. The molecule has 29 heavy (non-hydrogen) atoms. The Hall–Kier alpha value is -3.38. The summed E-state index contributed by atoms with van der Waals surface area (Å²) in [6.45, 7) is 0. The fraction of sp³-hybridized carbons (Fsp3) is 0.125. The maximum absolute atomic E-state index is 13.0. The fourth-order valence-electron chi connectivity index (χ4n) is 1.89. The third-order valence-corrected chi connectivity index (χ3v) is 3.19. The number of rotatable bonds is 3. The van der Waals surface area contributed by atoms with Gasteiger partial charge in [-0.3, -0.25) is 19.7 Å². The molecule has 0 bridgehead atoms. The van der Waals surface area contributed by atoms with E-state index in [1.54, 1.807) is 0 Å². The van der Waals surface area contributed by atoms with Crippen LogP contribution in [0.25, 0.3) is 0 Å². The van der Waals surface area contributed by atoms with Crippen LogP contribution in [0.15, 0.2) is 30.3 Å². The van der Waals surface area contributed by atoms with Crippen molar-refractivity contribution < 1.29 is 49.6 Å². The van der Waals surface area contributed by atoms with E-state index < -0.39 is 56.9 Å². The predicted octanol–water partition coefficient (Wildman–Crippen LogP) is 5.22. The number of carbonyl (C=O) groups is 2. The van der Waals surface area contributed by atoms with Crippen molar-refractivity contribution in [2.24, 2.45) is 0 Å². The van der Waals surface area contributed by atoms with Crippen molar-refractivity contribution >= 4 is 18.3 Å². The van der Waals surface area contributed by atoms with Crippen LogP contribution in [0, 0.1) is 21.7 Å². The largest absolute Gasteiger partial charge is 0.419 e. The van der Waals surface area contributed by atoms with Gasteiger partial charge in [0.1, 0.15) is 11.6 Å². The summed E-state index contributed by atoms with van der Waals surface area (Å²) in [6, 6.07) is 3.04. The van der Waals surface area contributed by atoms with E-state index in [0.717, 1.165) is 12.1 Å². The van der Waals surface area contributed by atoms with Gasteiger partial charge < -0.3 is 0 Å². The van der Waals surface area contributed by atoms with Crippen LogP contribution < -0.4 is 0 Å². The summed E-state index contributed by atoms with van der Waals surface area (Å²) in [5.41, 5.74) is -5.83. The van der Waals surface area contributed by atoms with Gasteiger partial charge in [0.05, 0.1) is 27.2 Å². The van der Waals surface area contributed by atoms with Crippen molar-refractivity contribution in [3.63, 3.8) is 0 Å². The predicted molar refractivity (Wildman–Crippen MR) is 80.2 cm³/mol. The molecular weight excluding hydrogens is 422 g/mol. The molecule has 0 aromatic heterocycles. The first-order chi connectivity index (χ1) is 13.2. The maximum atomic E-state index is 13.0. The van der Waals surface area contributed by atoms with Gasteiger partial charge in [0.2, 0.25) is 0 Å². The minimum absolute atomic E-state index is 0.0440. The quantitative estimate of drug-likeness (QED) is 0.290. The second kappa shape index (κ2) is 8.75. The molecule has 5 nitrogen and oxygen atoms in total. The van der Waals surface area contributed by atoms with Crippen LogP contribution in [-0.4, -0.2) is 17.5 Å². The number of alkyl halides is 6. The number of hydrogen-bond acceptors (Lipinski definition) is 4. The molecular formula is C16H7F8NO4. The van der Waals surface area contributed by atoms with E-state index in [0.29, 0.717) is 12.1 Å². The van der Waals surface area contributed by atoms with Gasteiger partial charge in [0.25, 0.3) is 5.69 Å². The molecule has 2 rings (SSSR count). The van der Waals surface area contributed by atoms with Crippen LogP contribution in [0.3, 0.4) is 0 Å². The lowest BCUT2D eigenvalue weighted by Crippen LogP contribution is -2.11. The number of hydrogen-bond donors (Lipinski definition) is 0. The normalized spacial score (nSPS) is 11.3. The number of aldehydes is 2. The van der Waals surface area contributed by atoms with Crippen LogP contribution >= 0.6 is 0 Å². The molecule has 0 radical (unpaired) electrons. The Balaban J connectivity index is 0.000000296. The van der Waals surface area contributed by atoms with Gasteiger partial charge in [-0.15, -0.1) is 0 Å². The van der Waals surface area contributed by atoms with Crippen molar-refractivity contribution in [3.8, 4) is 0 Å². The third kappa shape index (κ3) is 5.80. The van der Waals surface area contributed by atoms with E-state index in [9.17, 15) is 54.8 Å². The van der Waals surface area contributed by atoms with Crippen molar-refractivity contribution in [2.45, 2.75) is 12.4 Å². The Morgan fingerprint density at radius 3 is 1.69 bits per heavy atom. The van der Waals surface area contributed by atoms with E-state index in [4.69, 9.17) is 0 Å². The highest BCUT2D eigenvalue weighted by molar-refractivity contribution is 5.77. The molecule has 2 aromatic rings. The molecule has 2 aromatic carbocycles. The minimum atomic E-state index is -5.09. The van der Waals surface area contributed by atoms with Gasteiger partial charge in [-0.05, 0) is 12.1 Å². The zero-order chi connectivity index (χ0) is 22.6. The summed E-state index contributed by atoms with van der Waals surface area (Å²) in [7, 11) is 0. The lowest BCUT2D eigenvalue weighted by Gasteiger charge is -2.08. The van der Waals surface area contributed by atoms with E-state index in [-0.39, 0.29) is 18.6 Å². The van der Waals surface area contributed by atoms with E-state index in [1.165, 1.54) is 0 Å². The van der Waals surface area contributed by atoms with Gasteiger partial charge in [-0.25, -0.2) is 8.78 Å². The van der Waals surface area contributed by atoms with Crippen LogP contribution in [0.5, 0.6) is 0 Å². The van der Waals surface area contributed by atoms with Crippen LogP contribution in [-0.2, 0) is 12.4 Å². The topological polar surface area (TPSA) is 77.3 Å². The molecule has 13 heteroatoms. The van der Waals surface area contributed by atoms with Crippen molar-refractivity contribution in [2.75, 3.05) is 0 Å². The first-order valence-electron chi connectivity index (χ1n) is 7.05. The number of nitro benzene ring substituents is 1. The minimum Gasteiger partial charge on any atom is -0.298 e. The van der Waals surface area contributed by atoms with Gasteiger partial charge in [-0.2, -0.15) is 26.3 Å². The summed E-state index contributed by atoms with van der Waals surface area (Å²) >= 11 is 0. The number of nitro groups is 1. The SMILES string of the molecule is O=Cc1cc([N+](=O)[O-])cc(C(F)(F)F)c1F.O=Cc1cccc(C(F)(F)F)c1F. The summed E-state index contributed by atoms with van der Waals surface area (Å²) in [6.07, 6.45) is -10.0. The molecule has 0 unspecified atom stereocenters. The summed E-state index contributed by atoms with van der Waals surface area (Å²) in [5, 5.41) is 10.3. The molecule has 0 fully saturated rings. The zero-order valence-electron chi connectivity index (χ0n) is 13.6. The van der Waals surface area contributed by atoms with Gasteiger partial charge in [-0.1, -0.05) is 6.07 Å². The van der Waals surface area contributed by atoms with Crippen LogP contribution in [0.2, 0.25) is 0 Å². The van der Waals surface area contributed by atoms with Crippen LogP contribution in [0.1, 0.15) is 31.8 Å². The monoisotopic (exact) mass is 429 g/mol. The Morgan fingerprint density at radius 1 is 0.793 bits per heavy atom. The second-order valence-corrected chi connectivity index (χ2v) is 5.09. The number of carbonyl (C=O) groups excluding carboxylic acids is 2. The first-order valence-corrected chi connectivity index (χ1v) is 7.05. The molecule has 0 saturated heterocycles.